The summed E-state index contributed by atoms with van der Waals surface area (Å²) in [5, 5.41) is 2.55. The van der Waals surface area contributed by atoms with Gasteiger partial charge in [-0.3, -0.25) is 9.59 Å². The first kappa shape index (κ1) is 16.4. The van der Waals surface area contributed by atoms with Crippen molar-refractivity contribution in [3.05, 3.63) is 48.5 Å². The maximum Gasteiger partial charge on any atom is 0.316 e. The molecule has 0 aromatic heterocycles. The average Bonchev–Trinajstić information content (AvgIpc) is 2.61. The summed E-state index contributed by atoms with van der Waals surface area (Å²) in [6.07, 6.45) is 0. The van der Waals surface area contributed by atoms with Crippen LogP contribution in [-0.4, -0.2) is 33.1 Å². The summed E-state index contributed by atoms with van der Waals surface area (Å²) in [5.74, 6) is -0.455. The van der Waals surface area contributed by atoms with Crippen molar-refractivity contribution in [3.8, 4) is 11.5 Å². The summed E-state index contributed by atoms with van der Waals surface area (Å²) in [5.41, 5.74) is 0.997. The Bertz CT molecular complexity index is 701. The quantitative estimate of drug-likeness (QED) is 0.879. The van der Waals surface area contributed by atoms with Crippen LogP contribution in [0.4, 0.5) is 11.4 Å². The standard InChI is InChI=1S/C17H18N2O4/c1-19(12-7-5-4-6-8-12)17(21)16(20)18-14-11-13(22-2)9-10-15(14)23-3/h4-11H,1-3H3,(H,18,20). The fraction of sp³-hybridized carbons (Fsp3) is 0.176. The topological polar surface area (TPSA) is 67.9 Å². The minimum absolute atomic E-state index is 0.367. The summed E-state index contributed by atoms with van der Waals surface area (Å²) in [6, 6.07) is 13.9. The number of amides is 2. The summed E-state index contributed by atoms with van der Waals surface area (Å²) in [6.45, 7) is 0. The molecule has 0 fully saturated rings. The number of rotatable bonds is 4. The number of para-hydroxylation sites is 1. The molecule has 23 heavy (non-hydrogen) atoms. The number of nitrogens with one attached hydrogen (secondary N) is 1. The molecule has 120 valence electrons. The molecule has 0 atom stereocenters. The van der Waals surface area contributed by atoms with Gasteiger partial charge in [0, 0.05) is 18.8 Å². The highest BCUT2D eigenvalue weighted by Gasteiger charge is 2.21. The summed E-state index contributed by atoms with van der Waals surface area (Å²) >= 11 is 0. The third kappa shape index (κ3) is 3.79. The first-order valence-corrected chi connectivity index (χ1v) is 6.93. The number of anilines is 2. The lowest BCUT2D eigenvalue weighted by molar-refractivity contribution is -0.134. The van der Waals surface area contributed by atoms with Gasteiger partial charge in [0.25, 0.3) is 0 Å². The molecule has 0 aliphatic heterocycles. The van der Waals surface area contributed by atoms with E-state index in [2.05, 4.69) is 5.32 Å². The van der Waals surface area contributed by atoms with Gasteiger partial charge in [0.05, 0.1) is 19.9 Å². The maximum atomic E-state index is 12.2. The second-order valence-electron chi connectivity index (χ2n) is 4.72. The molecular weight excluding hydrogens is 296 g/mol. The summed E-state index contributed by atoms with van der Waals surface area (Å²) < 4.78 is 10.3. The van der Waals surface area contributed by atoms with Gasteiger partial charge in [-0.05, 0) is 24.3 Å². The van der Waals surface area contributed by atoms with Gasteiger partial charge in [-0.2, -0.15) is 0 Å². The van der Waals surface area contributed by atoms with Crippen molar-refractivity contribution in [3.63, 3.8) is 0 Å². The van der Waals surface area contributed by atoms with E-state index in [1.807, 2.05) is 6.07 Å². The lowest BCUT2D eigenvalue weighted by Crippen LogP contribution is -2.37. The number of ether oxygens (including phenoxy) is 2. The highest BCUT2D eigenvalue weighted by Crippen LogP contribution is 2.29. The second kappa shape index (κ2) is 7.31. The van der Waals surface area contributed by atoms with E-state index in [-0.39, 0.29) is 0 Å². The molecule has 6 heteroatoms. The summed E-state index contributed by atoms with van der Waals surface area (Å²) in [7, 11) is 4.54. The van der Waals surface area contributed by atoms with Gasteiger partial charge in [0.2, 0.25) is 0 Å². The van der Waals surface area contributed by atoms with Crippen LogP contribution in [0.3, 0.4) is 0 Å². The molecule has 0 unspecified atom stereocenters. The van der Waals surface area contributed by atoms with Crippen LogP contribution in [0.2, 0.25) is 0 Å². The molecule has 1 N–H and O–H groups in total. The minimum Gasteiger partial charge on any atom is -0.497 e. The second-order valence-corrected chi connectivity index (χ2v) is 4.72. The number of carbonyl (C=O) groups excluding carboxylic acids is 2. The molecule has 0 saturated carbocycles. The van der Waals surface area contributed by atoms with Gasteiger partial charge < -0.3 is 19.7 Å². The largest absolute Gasteiger partial charge is 0.497 e. The van der Waals surface area contributed by atoms with Crippen molar-refractivity contribution in [2.24, 2.45) is 0 Å². The Morgan fingerprint density at radius 1 is 1.00 bits per heavy atom. The predicted octanol–water partition coefficient (Wildman–Crippen LogP) is 2.31. The predicted molar refractivity (Wildman–Crippen MR) is 88.0 cm³/mol. The summed E-state index contributed by atoms with van der Waals surface area (Å²) in [4.78, 5) is 25.7. The Balaban J connectivity index is 2.17. The first-order chi connectivity index (χ1) is 11.1. The Labute approximate surface area is 134 Å². The van der Waals surface area contributed by atoms with Crippen molar-refractivity contribution >= 4 is 23.2 Å². The Morgan fingerprint density at radius 3 is 2.30 bits per heavy atom. The Hall–Kier alpha value is -3.02. The molecule has 2 amide bonds. The van der Waals surface area contributed by atoms with Crippen LogP contribution in [-0.2, 0) is 9.59 Å². The molecule has 6 nitrogen and oxygen atoms in total. The van der Waals surface area contributed by atoms with Crippen molar-refractivity contribution in [1.29, 1.82) is 0 Å². The SMILES string of the molecule is COc1ccc(OC)c(NC(=O)C(=O)N(C)c2ccccc2)c1. The molecule has 0 spiro atoms. The Morgan fingerprint density at radius 2 is 1.70 bits per heavy atom. The number of carbonyl (C=O) groups is 2. The molecule has 2 aromatic rings. The highest BCUT2D eigenvalue weighted by atomic mass is 16.5. The maximum absolute atomic E-state index is 12.2. The molecule has 0 heterocycles. The zero-order chi connectivity index (χ0) is 16.8. The van der Waals surface area contributed by atoms with E-state index in [1.54, 1.807) is 49.5 Å². The fourth-order valence-corrected chi connectivity index (χ4v) is 2.01. The molecule has 2 rings (SSSR count). The van der Waals surface area contributed by atoms with Gasteiger partial charge in [-0.1, -0.05) is 18.2 Å². The van der Waals surface area contributed by atoms with Crippen LogP contribution < -0.4 is 19.7 Å². The van der Waals surface area contributed by atoms with Crippen LogP contribution in [0.5, 0.6) is 11.5 Å². The normalized spacial score (nSPS) is 9.87. The van der Waals surface area contributed by atoms with E-state index >= 15 is 0 Å². The molecule has 0 aliphatic carbocycles. The number of nitrogens with zero attached hydrogens (tertiary/aromatic N) is 1. The smallest absolute Gasteiger partial charge is 0.316 e. The van der Waals surface area contributed by atoms with E-state index in [1.165, 1.54) is 19.1 Å². The zero-order valence-electron chi connectivity index (χ0n) is 13.2. The number of likely N-dealkylation sites (N-methyl/N-ethyl adjacent to an activating group) is 1. The van der Waals surface area contributed by atoms with E-state index in [0.717, 1.165) is 0 Å². The zero-order valence-corrected chi connectivity index (χ0v) is 13.2. The van der Waals surface area contributed by atoms with Crippen molar-refractivity contribution in [2.75, 3.05) is 31.5 Å². The molecular formula is C17H18N2O4. The molecule has 2 aromatic carbocycles. The van der Waals surface area contributed by atoms with Crippen molar-refractivity contribution in [1.82, 2.24) is 0 Å². The van der Waals surface area contributed by atoms with E-state index in [0.29, 0.717) is 22.9 Å². The van der Waals surface area contributed by atoms with Crippen LogP contribution in [0, 0.1) is 0 Å². The van der Waals surface area contributed by atoms with E-state index in [9.17, 15) is 9.59 Å². The monoisotopic (exact) mass is 314 g/mol. The van der Waals surface area contributed by atoms with Crippen LogP contribution >= 0.6 is 0 Å². The highest BCUT2D eigenvalue weighted by molar-refractivity contribution is 6.44. The van der Waals surface area contributed by atoms with Crippen LogP contribution in [0.15, 0.2) is 48.5 Å². The minimum atomic E-state index is -0.761. The molecule has 0 bridgehead atoms. The van der Waals surface area contributed by atoms with Gasteiger partial charge in [-0.15, -0.1) is 0 Å². The third-order valence-corrected chi connectivity index (χ3v) is 3.30. The Kier molecular flexibility index (Phi) is 5.19. The average molecular weight is 314 g/mol. The number of hydrogen-bond acceptors (Lipinski definition) is 4. The van der Waals surface area contributed by atoms with E-state index < -0.39 is 11.8 Å². The van der Waals surface area contributed by atoms with Gasteiger partial charge in [0.15, 0.2) is 0 Å². The van der Waals surface area contributed by atoms with Crippen LogP contribution in [0.1, 0.15) is 0 Å². The van der Waals surface area contributed by atoms with Gasteiger partial charge >= 0.3 is 11.8 Å². The number of benzene rings is 2. The van der Waals surface area contributed by atoms with Crippen LogP contribution in [0.25, 0.3) is 0 Å². The lowest BCUT2D eigenvalue weighted by Gasteiger charge is -2.17. The molecule has 0 aliphatic rings. The van der Waals surface area contributed by atoms with Gasteiger partial charge in [-0.25, -0.2) is 0 Å². The van der Waals surface area contributed by atoms with Crippen molar-refractivity contribution in [2.45, 2.75) is 0 Å². The van der Waals surface area contributed by atoms with E-state index in [4.69, 9.17) is 9.47 Å². The fourth-order valence-electron chi connectivity index (χ4n) is 2.01. The van der Waals surface area contributed by atoms with Crippen molar-refractivity contribution < 1.29 is 19.1 Å². The molecule has 0 radical (unpaired) electrons. The third-order valence-electron chi connectivity index (χ3n) is 3.30. The van der Waals surface area contributed by atoms with Gasteiger partial charge in [0.1, 0.15) is 11.5 Å². The lowest BCUT2D eigenvalue weighted by atomic mass is 10.2. The first-order valence-electron chi connectivity index (χ1n) is 6.93. The number of methoxy groups -OCH3 is 2. The molecule has 0 saturated heterocycles. The number of hydrogen-bond donors (Lipinski definition) is 1.